The minimum atomic E-state index is -0.624. The van der Waals surface area contributed by atoms with Crippen LogP contribution >= 0.6 is 23.9 Å². The van der Waals surface area contributed by atoms with E-state index < -0.39 is 12.1 Å². The Labute approximate surface area is 163 Å². The fourth-order valence-corrected chi connectivity index (χ4v) is 2.87. The highest BCUT2D eigenvalue weighted by Gasteiger charge is 2.27. The van der Waals surface area contributed by atoms with Crippen molar-refractivity contribution in [3.05, 3.63) is 35.9 Å². The van der Waals surface area contributed by atoms with Crippen molar-refractivity contribution >= 4 is 42.2 Å². The standard InChI is InChI=1S/C17H25N3O4S2/c1-5-23-16(21)14(2)20(13-15-9-7-6-8-10-15)26-19(3)17(22)24-18-11-12-25-4/h6-11,14H,5,12-13H2,1-4H3/t14-/m0/s1. The van der Waals surface area contributed by atoms with Gasteiger partial charge in [0.25, 0.3) is 0 Å². The predicted molar refractivity (Wildman–Crippen MR) is 107 cm³/mol. The minimum absolute atomic E-state index is 0.301. The first-order valence-electron chi connectivity index (χ1n) is 8.10. The molecule has 0 saturated heterocycles. The molecule has 0 saturated carbocycles. The molecule has 0 unspecified atom stereocenters. The summed E-state index contributed by atoms with van der Waals surface area (Å²) in [6, 6.07) is 9.13. The molecule has 1 aromatic carbocycles. The Morgan fingerprint density at radius 1 is 1.31 bits per heavy atom. The van der Waals surface area contributed by atoms with Crippen LogP contribution in [0.25, 0.3) is 0 Å². The third kappa shape index (κ3) is 8.11. The molecule has 0 fully saturated rings. The van der Waals surface area contributed by atoms with E-state index in [9.17, 15) is 9.59 Å². The first-order chi connectivity index (χ1) is 12.5. The Balaban J connectivity index is 2.77. The van der Waals surface area contributed by atoms with Crippen LogP contribution in [0.4, 0.5) is 4.79 Å². The zero-order chi connectivity index (χ0) is 19.4. The molecule has 0 aliphatic heterocycles. The maximum Gasteiger partial charge on any atom is 0.446 e. The van der Waals surface area contributed by atoms with Crippen molar-refractivity contribution in [2.24, 2.45) is 5.16 Å². The molecule has 0 radical (unpaired) electrons. The van der Waals surface area contributed by atoms with Crippen molar-refractivity contribution in [1.82, 2.24) is 8.61 Å². The number of carbonyl (C=O) groups excluding carboxylic acids is 2. The molecule has 144 valence electrons. The van der Waals surface area contributed by atoms with E-state index in [1.807, 2.05) is 36.6 Å². The normalized spacial score (nSPS) is 12.2. The van der Waals surface area contributed by atoms with Gasteiger partial charge < -0.3 is 4.74 Å². The number of ether oxygens (including phenoxy) is 1. The number of thioether (sulfide) groups is 1. The van der Waals surface area contributed by atoms with Crippen LogP contribution in [0.1, 0.15) is 19.4 Å². The van der Waals surface area contributed by atoms with E-state index in [1.54, 1.807) is 37.0 Å². The lowest BCUT2D eigenvalue weighted by Crippen LogP contribution is -2.38. The maximum absolute atomic E-state index is 12.1. The minimum Gasteiger partial charge on any atom is -0.465 e. The van der Waals surface area contributed by atoms with Crippen LogP contribution in [0.5, 0.6) is 0 Å². The SMILES string of the molecule is CCOC(=O)[C@H](C)N(Cc1ccccc1)SN(C)C(=O)ON=CCSC. The number of nitrogens with zero attached hydrogens (tertiary/aromatic N) is 3. The van der Waals surface area contributed by atoms with Gasteiger partial charge in [-0.05, 0) is 25.7 Å². The Morgan fingerprint density at radius 2 is 2.00 bits per heavy atom. The molecule has 0 heterocycles. The number of carbonyl (C=O) groups is 2. The molecule has 0 aliphatic rings. The third-order valence-corrected chi connectivity index (χ3v) is 4.70. The Kier molecular flexibility index (Phi) is 10.8. The van der Waals surface area contributed by atoms with Gasteiger partial charge in [-0.1, -0.05) is 35.5 Å². The van der Waals surface area contributed by atoms with Gasteiger partial charge in [0.2, 0.25) is 0 Å². The van der Waals surface area contributed by atoms with Crippen molar-refractivity contribution < 1.29 is 19.2 Å². The van der Waals surface area contributed by atoms with E-state index in [1.165, 1.54) is 10.5 Å². The third-order valence-electron chi connectivity index (χ3n) is 3.17. The van der Waals surface area contributed by atoms with Gasteiger partial charge in [0.1, 0.15) is 6.04 Å². The van der Waals surface area contributed by atoms with Gasteiger partial charge in [0, 0.05) is 31.5 Å². The van der Waals surface area contributed by atoms with Crippen LogP contribution in [0.2, 0.25) is 0 Å². The second-order valence-corrected chi connectivity index (χ2v) is 7.26. The summed E-state index contributed by atoms with van der Waals surface area (Å²) in [7, 11) is 1.56. The topological polar surface area (TPSA) is 71.4 Å². The number of hydrogen-bond acceptors (Lipinski definition) is 8. The number of hydrogen-bond donors (Lipinski definition) is 0. The average Bonchev–Trinajstić information content (AvgIpc) is 2.64. The Hall–Kier alpha value is -1.71. The average molecular weight is 400 g/mol. The molecule has 0 spiro atoms. The summed E-state index contributed by atoms with van der Waals surface area (Å²) in [4.78, 5) is 29.0. The van der Waals surface area contributed by atoms with Crippen molar-refractivity contribution in [2.45, 2.75) is 26.4 Å². The smallest absolute Gasteiger partial charge is 0.446 e. The number of benzene rings is 1. The second-order valence-electron chi connectivity index (χ2n) is 5.17. The Morgan fingerprint density at radius 3 is 2.62 bits per heavy atom. The number of oxime groups is 1. The van der Waals surface area contributed by atoms with Gasteiger partial charge in [0.05, 0.1) is 12.8 Å². The van der Waals surface area contributed by atoms with Crippen molar-refractivity contribution in [1.29, 1.82) is 0 Å². The molecule has 7 nitrogen and oxygen atoms in total. The molecule has 0 aromatic heterocycles. The zero-order valence-electron chi connectivity index (χ0n) is 15.5. The molecule has 1 aromatic rings. The van der Waals surface area contributed by atoms with E-state index in [4.69, 9.17) is 9.57 Å². The zero-order valence-corrected chi connectivity index (χ0v) is 17.1. The highest BCUT2D eigenvalue weighted by molar-refractivity contribution is 7.99. The summed E-state index contributed by atoms with van der Waals surface area (Å²) < 4.78 is 8.15. The van der Waals surface area contributed by atoms with Gasteiger partial charge in [-0.25, -0.2) is 13.4 Å². The first-order valence-corrected chi connectivity index (χ1v) is 10.2. The quantitative estimate of drug-likeness (QED) is 0.196. The molecular weight excluding hydrogens is 374 g/mol. The van der Waals surface area contributed by atoms with Crippen molar-refractivity contribution in [3.63, 3.8) is 0 Å². The van der Waals surface area contributed by atoms with E-state index in [2.05, 4.69) is 5.16 Å². The lowest BCUT2D eigenvalue weighted by Gasteiger charge is -2.28. The molecule has 9 heteroatoms. The fraction of sp³-hybridized carbons (Fsp3) is 0.471. The van der Waals surface area contributed by atoms with Crippen LogP contribution in [0.15, 0.2) is 35.5 Å². The van der Waals surface area contributed by atoms with Crippen molar-refractivity contribution in [2.75, 3.05) is 25.7 Å². The fourth-order valence-electron chi connectivity index (χ4n) is 1.82. The van der Waals surface area contributed by atoms with Gasteiger partial charge in [-0.15, -0.1) is 0 Å². The molecular formula is C17H25N3O4S2. The second kappa shape index (κ2) is 12.6. The summed E-state index contributed by atoms with van der Waals surface area (Å²) in [5, 5.41) is 3.62. The summed E-state index contributed by atoms with van der Waals surface area (Å²) in [5.41, 5.74) is 1.01. The molecule has 1 amide bonds. The summed E-state index contributed by atoms with van der Waals surface area (Å²) in [6.45, 7) is 4.26. The van der Waals surface area contributed by atoms with E-state index in [-0.39, 0.29) is 5.97 Å². The number of esters is 1. The largest absolute Gasteiger partial charge is 0.465 e. The van der Waals surface area contributed by atoms with E-state index >= 15 is 0 Å². The van der Waals surface area contributed by atoms with Crippen LogP contribution in [0, 0.1) is 0 Å². The lowest BCUT2D eigenvalue weighted by molar-refractivity contribution is -0.147. The summed E-state index contributed by atoms with van der Waals surface area (Å²) in [5.74, 6) is 0.306. The Bertz CT molecular complexity index is 587. The highest BCUT2D eigenvalue weighted by Crippen LogP contribution is 2.23. The number of rotatable bonds is 10. The highest BCUT2D eigenvalue weighted by atomic mass is 32.2. The number of amides is 1. The van der Waals surface area contributed by atoms with E-state index in [0.717, 1.165) is 17.7 Å². The molecule has 1 atom stereocenters. The van der Waals surface area contributed by atoms with Crippen LogP contribution in [0.3, 0.4) is 0 Å². The molecule has 0 aliphatic carbocycles. The van der Waals surface area contributed by atoms with Gasteiger partial charge >= 0.3 is 12.1 Å². The first kappa shape index (κ1) is 22.3. The van der Waals surface area contributed by atoms with Crippen LogP contribution in [-0.2, 0) is 20.9 Å². The van der Waals surface area contributed by atoms with Crippen molar-refractivity contribution in [3.8, 4) is 0 Å². The van der Waals surface area contributed by atoms with E-state index in [0.29, 0.717) is 18.9 Å². The lowest BCUT2D eigenvalue weighted by atomic mass is 10.2. The van der Waals surface area contributed by atoms with Crippen LogP contribution < -0.4 is 0 Å². The molecule has 1 rings (SSSR count). The monoisotopic (exact) mass is 399 g/mol. The predicted octanol–water partition coefficient (Wildman–Crippen LogP) is 3.42. The van der Waals surface area contributed by atoms with Crippen LogP contribution in [-0.4, -0.2) is 58.6 Å². The molecule has 26 heavy (non-hydrogen) atoms. The van der Waals surface area contributed by atoms with Gasteiger partial charge in [-0.2, -0.15) is 11.8 Å². The maximum atomic E-state index is 12.1. The molecule has 0 N–H and O–H groups in total. The van der Waals surface area contributed by atoms with Gasteiger partial charge in [-0.3, -0.25) is 9.63 Å². The summed E-state index contributed by atoms with van der Waals surface area (Å²) >= 11 is 2.65. The summed E-state index contributed by atoms with van der Waals surface area (Å²) in [6.07, 6.45) is 2.82. The molecule has 0 bridgehead atoms. The van der Waals surface area contributed by atoms with Gasteiger partial charge in [0.15, 0.2) is 0 Å².